The number of aliphatic hydroxyl groups excluding tert-OH is 1. The van der Waals surface area contributed by atoms with Gasteiger partial charge in [-0.15, -0.1) is 0 Å². The zero-order valence-corrected chi connectivity index (χ0v) is 15.3. The highest BCUT2D eigenvalue weighted by atomic mass is 35.5. The maximum atomic E-state index is 11.8. The molecule has 1 aromatic carbocycles. The summed E-state index contributed by atoms with van der Waals surface area (Å²) in [4.78, 5) is 14.8. The number of nitriles is 1. The lowest BCUT2D eigenvalue weighted by Gasteiger charge is -2.38. The van der Waals surface area contributed by atoms with Crippen LogP contribution >= 0.6 is 11.6 Å². The van der Waals surface area contributed by atoms with Gasteiger partial charge in [-0.1, -0.05) is 11.6 Å². The molecule has 1 fully saturated rings. The van der Waals surface area contributed by atoms with Gasteiger partial charge >= 0.3 is 6.09 Å². The van der Waals surface area contributed by atoms with E-state index >= 15 is 0 Å². The molecule has 1 saturated heterocycles. The van der Waals surface area contributed by atoms with E-state index in [1.807, 2.05) is 11.0 Å². The molecule has 0 bridgehead atoms. The summed E-state index contributed by atoms with van der Waals surface area (Å²) in [5.41, 5.74) is 6.17. The molecular weight excluding hydrogens is 344 g/mol. The molecule has 2 atom stereocenters. The first-order chi connectivity index (χ1) is 11.6. The Hall–Kier alpha value is -2.01. The van der Waals surface area contributed by atoms with Crippen molar-refractivity contribution < 1.29 is 15.0 Å². The normalized spacial score (nSPS) is 20.9. The molecule has 1 amide bonds. The Balaban J connectivity index is 2.57. The number of hydrogen-bond acceptors (Lipinski definition) is 5. The van der Waals surface area contributed by atoms with Crippen molar-refractivity contribution in [3.05, 3.63) is 22.7 Å². The predicted octanol–water partition coefficient (Wildman–Crippen LogP) is 2.39. The molecule has 0 spiro atoms. The number of hydrogen-bond donors (Lipinski definition) is 3. The Morgan fingerprint density at radius 2 is 2.12 bits per heavy atom. The molecule has 1 aliphatic rings. The van der Waals surface area contributed by atoms with E-state index in [1.54, 1.807) is 26.8 Å². The van der Waals surface area contributed by atoms with Gasteiger partial charge in [-0.2, -0.15) is 5.26 Å². The number of aliphatic hydroxyl groups is 1. The first kappa shape index (κ1) is 19.3. The molecule has 1 heterocycles. The van der Waals surface area contributed by atoms with Crippen LogP contribution in [0.1, 0.15) is 32.8 Å². The number of anilines is 2. The van der Waals surface area contributed by atoms with E-state index in [2.05, 4.69) is 0 Å². The highest BCUT2D eigenvalue weighted by molar-refractivity contribution is 6.36. The van der Waals surface area contributed by atoms with Crippen LogP contribution in [0.2, 0.25) is 5.02 Å². The summed E-state index contributed by atoms with van der Waals surface area (Å²) in [5.74, 6) is 0. The Kier molecular flexibility index (Phi) is 5.47. The second-order valence-corrected chi connectivity index (χ2v) is 7.57. The molecule has 0 aliphatic carbocycles. The number of carbonyl (C=O) groups is 1. The Labute approximate surface area is 152 Å². The number of halogens is 1. The van der Waals surface area contributed by atoms with E-state index in [4.69, 9.17) is 17.3 Å². The van der Waals surface area contributed by atoms with Gasteiger partial charge in [0.1, 0.15) is 0 Å². The number of amides is 1. The van der Waals surface area contributed by atoms with E-state index in [-0.39, 0.29) is 23.3 Å². The molecule has 25 heavy (non-hydrogen) atoms. The third-order valence-electron chi connectivity index (χ3n) is 4.24. The molecule has 1 aromatic rings. The summed E-state index contributed by atoms with van der Waals surface area (Å²) in [7, 11) is 0. The van der Waals surface area contributed by atoms with E-state index in [0.717, 1.165) is 4.90 Å². The Bertz CT molecular complexity index is 711. The van der Waals surface area contributed by atoms with Crippen molar-refractivity contribution in [3.8, 4) is 6.07 Å². The van der Waals surface area contributed by atoms with E-state index in [1.165, 1.54) is 6.07 Å². The van der Waals surface area contributed by atoms with Crippen molar-refractivity contribution in [1.29, 1.82) is 5.26 Å². The van der Waals surface area contributed by atoms with E-state index in [0.29, 0.717) is 24.2 Å². The van der Waals surface area contributed by atoms with Gasteiger partial charge in [0.2, 0.25) is 0 Å². The molecule has 136 valence electrons. The smallest absolute Gasteiger partial charge is 0.412 e. The highest BCUT2D eigenvalue weighted by Gasteiger charge is 2.33. The van der Waals surface area contributed by atoms with Crippen molar-refractivity contribution in [3.63, 3.8) is 0 Å². The van der Waals surface area contributed by atoms with Gasteiger partial charge in [0.05, 0.1) is 34.1 Å². The van der Waals surface area contributed by atoms with Crippen LogP contribution in [-0.2, 0) is 0 Å². The van der Waals surface area contributed by atoms with Crippen LogP contribution in [0.15, 0.2) is 12.1 Å². The minimum Gasteiger partial charge on any atom is -0.465 e. The van der Waals surface area contributed by atoms with Crippen molar-refractivity contribution >= 4 is 29.1 Å². The summed E-state index contributed by atoms with van der Waals surface area (Å²) in [5, 5.41) is 29.3. The van der Waals surface area contributed by atoms with Crippen molar-refractivity contribution in [2.24, 2.45) is 5.73 Å². The number of rotatable bonds is 2. The minimum absolute atomic E-state index is 0.235. The SMILES string of the molecule is CC(C)(C)N(C(=O)O)c1cc(C#N)cc(N2CC[C@@H](N)[C@H](O)C2)c1Cl. The van der Waals surface area contributed by atoms with Crippen LogP contribution in [-0.4, -0.2) is 47.1 Å². The molecule has 0 saturated carbocycles. The average molecular weight is 367 g/mol. The van der Waals surface area contributed by atoms with Gasteiger partial charge in [-0.05, 0) is 39.3 Å². The lowest BCUT2D eigenvalue weighted by molar-refractivity contribution is 0.132. The van der Waals surface area contributed by atoms with E-state index in [9.17, 15) is 20.3 Å². The predicted molar refractivity (Wildman–Crippen MR) is 97.2 cm³/mol. The molecule has 4 N–H and O–H groups in total. The zero-order chi connectivity index (χ0) is 18.9. The fourth-order valence-corrected chi connectivity index (χ4v) is 3.28. The second kappa shape index (κ2) is 7.08. The highest BCUT2D eigenvalue weighted by Crippen LogP contribution is 2.40. The molecule has 0 radical (unpaired) electrons. The summed E-state index contributed by atoms with van der Waals surface area (Å²) in [6.07, 6.45) is -1.29. The van der Waals surface area contributed by atoms with Crippen LogP contribution in [0.25, 0.3) is 0 Å². The molecule has 2 rings (SSSR count). The number of benzene rings is 1. The number of nitrogens with two attached hydrogens (primary N) is 1. The molecule has 0 unspecified atom stereocenters. The van der Waals surface area contributed by atoms with Crippen LogP contribution in [0, 0.1) is 11.3 Å². The Morgan fingerprint density at radius 3 is 2.60 bits per heavy atom. The number of piperidine rings is 1. The first-order valence-corrected chi connectivity index (χ1v) is 8.39. The number of carboxylic acid groups (broad SMARTS) is 1. The third kappa shape index (κ3) is 3.98. The summed E-state index contributed by atoms with van der Waals surface area (Å²) >= 11 is 6.53. The van der Waals surface area contributed by atoms with Gasteiger partial charge in [0.25, 0.3) is 0 Å². The topological polar surface area (TPSA) is 114 Å². The fraction of sp³-hybridized carbons (Fsp3) is 0.529. The van der Waals surface area contributed by atoms with Crippen LogP contribution in [0.3, 0.4) is 0 Å². The number of β-amino-alcohol motifs (C(OH)–C–C–N with tert-alkyl or cyclic N) is 1. The fourth-order valence-electron chi connectivity index (χ4n) is 2.97. The summed E-state index contributed by atoms with van der Waals surface area (Å²) in [6, 6.07) is 4.82. The van der Waals surface area contributed by atoms with Crippen LogP contribution < -0.4 is 15.5 Å². The van der Waals surface area contributed by atoms with Gasteiger partial charge < -0.3 is 20.8 Å². The summed E-state index contributed by atoms with van der Waals surface area (Å²) < 4.78 is 0. The number of nitrogens with zero attached hydrogens (tertiary/aromatic N) is 3. The quantitative estimate of drug-likeness (QED) is 0.740. The van der Waals surface area contributed by atoms with Crippen molar-refractivity contribution in [2.45, 2.75) is 44.9 Å². The molecule has 1 aliphatic heterocycles. The van der Waals surface area contributed by atoms with E-state index < -0.39 is 17.7 Å². The van der Waals surface area contributed by atoms with Crippen LogP contribution in [0.4, 0.5) is 16.2 Å². The van der Waals surface area contributed by atoms with Gasteiger partial charge in [-0.25, -0.2) is 4.79 Å². The third-order valence-corrected chi connectivity index (χ3v) is 4.63. The van der Waals surface area contributed by atoms with Gasteiger partial charge in [0, 0.05) is 24.7 Å². The van der Waals surface area contributed by atoms with Crippen molar-refractivity contribution in [2.75, 3.05) is 22.9 Å². The minimum atomic E-state index is -1.16. The van der Waals surface area contributed by atoms with Crippen LogP contribution in [0.5, 0.6) is 0 Å². The Morgan fingerprint density at radius 1 is 1.48 bits per heavy atom. The van der Waals surface area contributed by atoms with Gasteiger partial charge in [-0.3, -0.25) is 4.90 Å². The lowest BCUT2D eigenvalue weighted by Crippen LogP contribution is -2.51. The molecule has 0 aromatic heterocycles. The monoisotopic (exact) mass is 366 g/mol. The standard InChI is InChI=1S/C17H23ClN4O3/c1-17(2,3)22(16(24)25)13-7-10(8-19)6-12(15(13)18)21-5-4-11(20)14(23)9-21/h6-7,11,14,23H,4-5,9,20H2,1-3H3,(H,24,25)/t11-,14-/m1/s1. The summed E-state index contributed by atoms with van der Waals surface area (Å²) in [6.45, 7) is 6.09. The van der Waals surface area contributed by atoms with Crippen molar-refractivity contribution in [1.82, 2.24) is 0 Å². The average Bonchev–Trinajstić information content (AvgIpc) is 2.50. The maximum absolute atomic E-state index is 11.8. The first-order valence-electron chi connectivity index (χ1n) is 8.01. The molecule has 7 nitrogen and oxygen atoms in total. The second-order valence-electron chi connectivity index (χ2n) is 7.19. The largest absolute Gasteiger partial charge is 0.465 e. The molecular formula is C17H23ClN4O3. The zero-order valence-electron chi connectivity index (χ0n) is 14.5. The van der Waals surface area contributed by atoms with Gasteiger partial charge in [0.15, 0.2) is 0 Å². The maximum Gasteiger partial charge on any atom is 0.412 e. The lowest BCUT2D eigenvalue weighted by atomic mass is 10.0. The molecule has 8 heteroatoms.